The van der Waals surface area contributed by atoms with Gasteiger partial charge in [-0.15, -0.1) is 0 Å². The van der Waals surface area contributed by atoms with Gasteiger partial charge in [0.05, 0.1) is 17.7 Å². The van der Waals surface area contributed by atoms with E-state index in [-0.39, 0.29) is 24.2 Å². The number of carboxylic acids is 1. The number of hydrogen-bond donors (Lipinski definition) is 3. The Kier molecular flexibility index (Phi) is 5.47. The zero-order chi connectivity index (χ0) is 19.2. The van der Waals surface area contributed by atoms with Gasteiger partial charge in [-0.2, -0.15) is 5.10 Å². The highest BCUT2D eigenvalue weighted by Crippen LogP contribution is 2.24. The maximum Gasteiger partial charge on any atom is 0.303 e. The van der Waals surface area contributed by atoms with E-state index in [0.717, 1.165) is 16.3 Å². The van der Waals surface area contributed by atoms with Gasteiger partial charge in [-0.1, -0.05) is 54.6 Å². The van der Waals surface area contributed by atoms with Crippen molar-refractivity contribution in [2.24, 2.45) is 5.10 Å². The summed E-state index contributed by atoms with van der Waals surface area (Å²) >= 11 is 0. The van der Waals surface area contributed by atoms with E-state index in [1.807, 2.05) is 42.5 Å². The number of hydrogen-bond acceptors (Lipinski definition) is 4. The molecule has 3 rings (SSSR count). The predicted octanol–water partition coefficient (Wildman–Crippen LogP) is 3.54. The fourth-order valence-corrected chi connectivity index (χ4v) is 2.71. The summed E-state index contributed by atoms with van der Waals surface area (Å²) in [7, 11) is 0. The predicted molar refractivity (Wildman–Crippen MR) is 103 cm³/mol. The molecule has 3 aromatic carbocycles. The highest BCUT2D eigenvalue weighted by atomic mass is 16.4. The molecule has 0 aliphatic heterocycles. The van der Waals surface area contributed by atoms with Gasteiger partial charge in [0, 0.05) is 6.42 Å². The van der Waals surface area contributed by atoms with E-state index in [0.29, 0.717) is 5.71 Å². The van der Waals surface area contributed by atoms with Crippen molar-refractivity contribution in [2.75, 3.05) is 0 Å². The van der Waals surface area contributed by atoms with Crippen LogP contribution in [-0.4, -0.2) is 27.8 Å². The lowest BCUT2D eigenvalue weighted by Gasteiger charge is -2.08. The van der Waals surface area contributed by atoms with Crippen LogP contribution in [0.4, 0.5) is 0 Å². The number of carbonyl (C=O) groups excluding carboxylic acids is 1. The fourth-order valence-electron chi connectivity index (χ4n) is 2.71. The number of amides is 1. The van der Waals surface area contributed by atoms with Crippen LogP contribution in [0.5, 0.6) is 5.75 Å². The van der Waals surface area contributed by atoms with Crippen molar-refractivity contribution in [3.05, 3.63) is 77.9 Å². The molecule has 0 aliphatic carbocycles. The Bertz CT molecular complexity index is 1010. The molecule has 0 atom stereocenters. The Morgan fingerprint density at radius 2 is 1.52 bits per heavy atom. The number of phenols is 1. The molecule has 27 heavy (non-hydrogen) atoms. The van der Waals surface area contributed by atoms with Gasteiger partial charge in [0.2, 0.25) is 0 Å². The molecule has 0 saturated carbocycles. The van der Waals surface area contributed by atoms with Crippen molar-refractivity contribution in [2.45, 2.75) is 12.8 Å². The summed E-state index contributed by atoms with van der Waals surface area (Å²) in [5.74, 6) is -1.66. The lowest BCUT2D eigenvalue weighted by atomic mass is 10.1. The number of aromatic hydroxyl groups is 1. The quantitative estimate of drug-likeness (QED) is 0.461. The fraction of sp³-hybridized carbons (Fsp3) is 0.0952. The van der Waals surface area contributed by atoms with Crippen LogP contribution in [0.25, 0.3) is 10.8 Å². The number of fused-ring (bicyclic) bond motifs is 1. The van der Waals surface area contributed by atoms with Crippen molar-refractivity contribution >= 4 is 28.4 Å². The van der Waals surface area contributed by atoms with Crippen LogP contribution in [0, 0.1) is 0 Å². The molecule has 0 aliphatic rings. The number of carbonyl (C=O) groups is 2. The van der Waals surface area contributed by atoms with Gasteiger partial charge in [-0.05, 0) is 28.5 Å². The number of rotatable bonds is 6. The Balaban J connectivity index is 1.86. The minimum Gasteiger partial charge on any atom is -0.507 e. The van der Waals surface area contributed by atoms with Crippen molar-refractivity contribution in [3.8, 4) is 5.75 Å². The van der Waals surface area contributed by atoms with Crippen molar-refractivity contribution in [1.82, 2.24) is 5.43 Å². The van der Waals surface area contributed by atoms with Gasteiger partial charge < -0.3 is 10.2 Å². The summed E-state index contributed by atoms with van der Waals surface area (Å²) in [6.45, 7) is 0. The van der Waals surface area contributed by atoms with E-state index in [4.69, 9.17) is 5.11 Å². The van der Waals surface area contributed by atoms with Crippen LogP contribution in [0.1, 0.15) is 28.8 Å². The molecule has 0 spiro atoms. The highest BCUT2D eigenvalue weighted by Gasteiger charge is 2.13. The molecule has 0 heterocycles. The van der Waals surface area contributed by atoms with Crippen LogP contribution in [-0.2, 0) is 4.79 Å². The van der Waals surface area contributed by atoms with Gasteiger partial charge in [-0.25, -0.2) is 5.43 Å². The number of phenolic OH excluding ortho intramolecular Hbond substituents is 1. The first-order valence-electron chi connectivity index (χ1n) is 8.40. The van der Waals surface area contributed by atoms with E-state index in [1.54, 1.807) is 18.2 Å². The summed E-state index contributed by atoms with van der Waals surface area (Å²) in [5.41, 5.74) is 3.70. The number of aliphatic carboxylic acids is 1. The second-order valence-electron chi connectivity index (χ2n) is 5.98. The summed E-state index contributed by atoms with van der Waals surface area (Å²) < 4.78 is 0. The standard InChI is InChI=1S/C21H18N2O4/c24-19-13-16-9-5-4-8-15(16)12-17(19)21(27)23-22-18(10-11-20(25)26)14-6-2-1-3-7-14/h1-9,12-13,24H,10-11H2,(H,23,27)(H,25,26). The zero-order valence-corrected chi connectivity index (χ0v) is 14.4. The van der Waals surface area contributed by atoms with Crippen molar-refractivity contribution < 1.29 is 19.8 Å². The van der Waals surface area contributed by atoms with Gasteiger partial charge in [0.1, 0.15) is 5.75 Å². The normalized spacial score (nSPS) is 11.3. The van der Waals surface area contributed by atoms with Crippen molar-refractivity contribution in [1.29, 1.82) is 0 Å². The second kappa shape index (κ2) is 8.14. The Morgan fingerprint density at radius 1 is 0.889 bits per heavy atom. The monoisotopic (exact) mass is 362 g/mol. The molecule has 3 aromatic rings. The van der Waals surface area contributed by atoms with Crippen LogP contribution in [0.3, 0.4) is 0 Å². The molecule has 0 fully saturated rings. The van der Waals surface area contributed by atoms with Gasteiger partial charge in [0.15, 0.2) is 0 Å². The summed E-state index contributed by atoms with van der Waals surface area (Å²) in [6, 6.07) is 19.5. The lowest BCUT2D eigenvalue weighted by Crippen LogP contribution is -2.20. The molecule has 6 heteroatoms. The third kappa shape index (κ3) is 4.49. The molecule has 0 aromatic heterocycles. The minimum absolute atomic E-state index is 0.100. The summed E-state index contributed by atoms with van der Waals surface area (Å²) in [5, 5.41) is 24.8. The van der Waals surface area contributed by atoms with Gasteiger partial charge >= 0.3 is 5.97 Å². The average molecular weight is 362 g/mol. The topological polar surface area (TPSA) is 99.0 Å². The molecular weight excluding hydrogens is 344 g/mol. The highest BCUT2D eigenvalue weighted by molar-refractivity contribution is 6.05. The average Bonchev–Trinajstić information content (AvgIpc) is 2.67. The number of hydrazone groups is 1. The summed E-state index contributed by atoms with van der Waals surface area (Å²) in [6.07, 6.45) is 0.0636. The Labute approximate surface area is 155 Å². The number of carboxylic acid groups (broad SMARTS) is 1. The third-order valence-corrected chi connectivity index (χ3v) is 4.08. The number of benzene rings is 3. The van der Waals surface area contributed by atoms with Crippen molar-refractivity contribution in [3.63, 3.8) is 0 Å². The largest absolute Gasteiger partial charge is 0.507 e. The Morgan fingerprint density at radius 3 is 2.19 bits per heavy atom. The molecule has 3 N–H and O–H groups in total. The Hall–Kier alpha value is -3.67. The lowest BCUT2D eigenvalue weighted by molar-refractivity contribution is -0.136. The maximum absolute atomic E-state index is 12.5. The second-order valence-corrected chi connectivity index (χ2v) is 5.98. The first kappa shape index (κ1) is 18.1. The van der Waals surface area contributed by atoms with E-state index in [1.165, 1.54) is 6.07 Å². The van der Waals surface area contributed by atoms with Crippen LogP contribution in [0.2, 0.25) is 0 Å². The maximum atomic E-state index is 12.5. The van der Waals surface area contributed by atoms with Gasteiger partial charge in [-0.3, -0.25) is 9.59 Å². The first-order valence-corrected chi connectivity index (χ1v) is 8.40. The molecule has 0 unspecified atom stereocenters. The minimum atomic E-state index is -0.947. The molecule has 136 valence electrons. The molecular formula is C21H18N2O4. The smallest absolute Gasteiger partial charge is 0.303 e. The van der Waals surface area contributed by atoms with Gasteiger partial charge in [0.25, 0.3) is 5.91 Å². The molecule has 0 radical (unpaired) electrons. The SMILES string of the molecule is O=C(O)CCC(=NNC(=O)c1cc2ccccc2cc1O)c1ccccc1. The molecule has 0 saturated heterocycles. The number of nitrogens with zero attached hydrogens (tertiary/aromatic N) is 1. The van der Waals surface area contributed by atoms with E-state index in [9.17, 15) is 14.7 Å². The number of nitrogens with one attached hydrogen (secondary N) is 1. The van der Waals surface area contributed by atoms with Crippen LogP contribution >= 0.6 is 0 Å². The van der Waals surface area contributed by atoms with Crippen LogP contribution in [0.15, 0.2) is 71.8 Å². The molecule has 6 nitrogen and oxygen atoms in total. The molecule has 1 amide bonds. The summed E-state index contributed by atoms with van der Waals surface area (Å²) in [4.78, 5) is 23.4. The van der Waals surface area contributed by atoms with Crippen LogP contribution < -0.4 is 5.43 Å². The van der Waals surface area contributed by atoms with E-state index < -0.39 is 11.9 Å². The van der Waals surface area contributed by atoms with E-state index >= 15 is 0 Å². The first-order chi connectivity index (χ1) is 13.0. The van der Waals surface area contributed by atoms with E-state index in [2.05, 4.69) is 10.5 Å². The third-order valence-electron chi connectivity index (χ3n) is 4.08. The molecule has 0 bridgehead atoms. The zero-order valence-electron chi connectivity index (χ0n) is 14.4.